The lowest BCUT2D eigenvalue weighted by atomic mass is 10.1. The number of hydrogen-bond donors (Lipinski definition) is 4. The summed E-state index contributed by atoms with van der Waals surface area (Å²) in [6.07, 6.45) is 0.140. The Morgan fingerprint density at radius 1 is 1.40 bits per heavy atom. The molecule has 1 unspecified atom stereocenters. The standard InChI is InChI=1S/C13H14N2O5/c16-4-3-10(13(19)20)15-12(18)7-1-2-9-8(5-7)6-11(17)14-9/h1-2,5,10,16H,3-4,6H2,(H,14,17)(H,15,18)(H,19,20). The van der Waals surface area contributed by atoms with E-state index >= 15 is 0 Å². The van der Waals surface area contributed by atoms with Crippen molar-refractivity contribution in [1.82, 2.24) is 5.32 Å². The maximum atomic E-state index is 12.0. The quantitative estimate of drug-likeness (QED) is 0.592. The zero-order valence-electron chi connectivity index (χ0n) is 10.5. The summed E-state index contributed by atoms with van der Waals surface area (Å²) in [4.78, 5) is 34.1. The molecule has 0 saturated carbocycles. The Morgan fingerprint density at radius 2 is 2.15 bits per heavy atom. The fourth-order valence-corrected chi connectivity index (χ4v) is 2.00. The van der Waals surface area contributed by atoms with Gasteiger partial charge in [-0.2, -0.15) is 0 Å². The first-order valence-electron chi connectivity index (χ1n) is 6.08. The van der Waals surface area contributed by atoms with Crippen molar-refractivity contribution in [3.05, 3.63) is 29.3 Å². The number of carbonyl (C=O) groups is 3. The second kappa shape index (κ2) is 5.70. The zero-order chi connectivity index (χ0) is 14.7. The highest BCUT2D eigenvalue weighted by Gasteiger charge is 2.22. The van der Waals surface area contributed by atoms with E-state index in [4.69, 9.17) is 10.2 Å². The summed E-state index contributed by atoms with van der Waals surface area (Å²) in [7, 11) is 0. The van der Waals surface area contributed by atoms with E-state index < -0.39 is 17.9 Å². The van der Waals surface area contributed by atoms with E-state index in [1.54, 1.807) is 12.1 Å². The number of carboxylic acid groups (broad SMARTS) is 1. The highest BCUT2D eigenvalue weighted by Crippen LogP contribution is 2.23. The van der Waals surface area contributed by atoms with E-state index in [1.807, 2.05) is 0 Å². The van der Waals surface area contributed by atoms with Gasteiger partial charge in [0.1, 0.15) is 6.04 Å². The van der Waals surface area contributed by atoms with Gasteiger partial charge in [0, 0.05) is 24.3 Å². The number of aliphatic hydroxyl groups is 1. The topological polar surface area (TPSA) is 116 Å². The number of aliphatic hydroxyl groups excluding tert-OH is 1. The molecular weight excluding hydrogens is 264 g/mol. The molecule has 20 heavy (non-hydrogen) atoms. The molecule has 1 heterocycles. The molecular formula is C13H14N2O5. The number of fused-ring (bicyclic) bond motifs is 1. The molecule has 4 N–H and O–H groups in total. The van der Waals surface area contributed by atoms with Gasteiger partial charge >= 0.3 is 5.97 Å². The summed E-state index contributed by atoms with van der Waals surface area (Å²) in [5.41, 5.74) is 1.65. The molecule has 0 aliphatic carbocycles. The minimum absolute atomic E-state index is 0.0634. The first-order chi connectivity index (χ1) is 9.51. The number of carboxylic acids is 1. The highest BCUT2D eigenvalue weighted by atomic mass is 16.4. The Morgan fingerprint density at radius 3 is 2.80 bits per heavy atom. The van der Waals surface area contributed by atoms with Crippen LogP contribution in [0.5, 0.6) is 0 Å². The van der Waals surface area contributed by atoms with Crippen LogP contribution in [-0.4, -0.2) is 40.6 Å². The maximum Gasteiger partial charge on any atom is 0.326 e. The Hall–Kier alpha value is -2.41. The summed E-state index contributed by atoms with van der Waals surface area (Å²) >= 11 is 0. The van der Waals surface area contributed by atoms with Gasteiger partial charge in [0.25, 0.3) is 5.91 Å². The number of amides is 2. The van der Waals surface area contributed by atoms with Gasteiger partial charge in [0.2, 0.25) is 5.91 Å². The minimum atomic E-state index is -1.20. The normalized spacial score (nSPS) is 14.3. The molecule has 0 radical (unpaired) electrons. The van der Waals surface area contributed by atoms with Crippen molar-refractivity contribution in [3.8, 4) is 0 Å². The first-order valence-corrected chi connectivity index (χ1v) is 6.08. The first kappa shape index (κ1) is 14.0. The van der Waals surface area contributed by atoms with Crippen LogP contribution >= 0.6 is 0 Å². The van der Waals surface area contributed by atoms with Gasteiger partial charge in [-0.05, 0) is 23.8 Å². The predicted octanol–water partition coefficient (Wildman–Crippen LogP) is -0.253. The number of carbonyl (C=O) groups excluding carboxylic acids is 2. The fraction of sp³-hybridized carbons (Fsp3) is 0.308. The molecule has 1 aliphatic rings. The second-order valence-electron chi connectivity index (χ2n) is 4.47. The molecule has 0 bridgehead atoms. The summed E-state index contributed by atoms with van der Waals surface area (Å²) in [5, 5.41) is 22.7. The number of benzene rings is 1. The molecule has 1 aromatic carbocycles. The number of anilines is 1. The van der Waals surface area contributed by atoms with Gasteiger partial charge in [-0.25, -0.2) is 4.79 Å². The molecule has 1 aromatic rings. The van der Waals surface area contributed by atoms with Crippen LogP contribution in [0.3, 0.4) is 0 Å². The summed E-state index contributed by atoms with van der Waals surface area (Å²) in [6.45, 7) is -0.333. The molecule has 106 valence electrons. The molecule has 7 nitrogen and oxygen atoms in total. The van der Waals surface area contributed by atoms with Crippen LogP contribution in [0.2, 0.25) is 0 Å². The summed E-state index contributed by atoms with van der Waals surface area (Å²) in [5.74, 6) is -1.89. The number of aliphatic carboxylic acids is 1. The van der Waals surface area contributed by atoms with Crippen molar-refractivity contribution in [2.75, 3.05) is 11.9 Å². The molecule has 0 aromatic heterocycles. The predicted molar refractivity (Wildman–Crippen MR) is 69.4 cm³/mol. The number of rotatable bonds is 5. The fourth-order valence-electron chi connectivity index (χ4n) is 2.00. The lowest BCUT2D eigenvalue weighted by Crippen LogP contribution is -2.41. The zero-order valence-corrected chi connectivity index (χ0v) is 10.5. The average Bonchev–Trinajstić information content (AvgIpc) is 2.76. The van der Waals surface area contributed by atoms with Crippen molar-refractivity contribution >= 4 is 23.5 Å². The van der Waals surface area contributed by atoms with E-state index in [-0.39, 0.29) is 30.9 Å². The third kappa shape index (κ3) is 2.94. The SMILES string of the molecule is O=C1Cc2cc(C(=O)NC(CCO)C(=O)O)ccc2N1. The van der Waals surface area contributed by atoms with Crippen LogP contribution in [0.4, 0.5) is 5.69 Å². The van der Waals surface area contributed by atoms with Gasteiger partial charge in [-0.15, -0.1) is 0 Å². The summed E-state index contributed by atoms with van der Waals surface area (Å²) in [6, 6.07) is 3.54. The maximum absolute atomic E-state index is 12.0. The van der Waals surface area contributed by atoms with Crippen molar-refractivity contribution in [2.45, 2.75) is 18.9 Å². The van der Waals surface area contributed by atoms with E-state index in [9.17, 15) is 14.4 Å². The van der Waals surface area contributed by atoms with Crippen LogP contribution in [0.1, 0.15) is 22.3 Å². The van der Waals surface area contributed by atoms with Crippen molar-refractivity contribution in [1.29, 1.82) is 0 Å². The molecule has 1 atom stereocenters. The molecule has 0 spiro atoms. The minimum Gasteiger partial charge on any atom is -0.480 e. The Balaban J connectivity index is 2.12. The molecule has 2 amide bonds. The monoisotopic (exact) mass is 278 g/mol. The van der Waals surface area contributed by atoms with Crippen LogP contribution < -0.4 is 10.6 Å². The van der Waals surface area contributed by atoms with E-state index in [2.05, 4.69) is 10.6 Å². The van der Waals surface area contributed by atoms with Crippen LogP contribution in [0.15, 0.2) is 18.2 Å². The molecule has 0 saturated heterocycles. The van der Waals surface area contributed by atoms with Crippen LogP contribution in [0.25, 0.3) is 0 Å². The van der Waals surface area contributed by atoms with Crippen LogP contribution in [-0.2, 0) is 16.0 Å². The van der Waals surface area contributed by atoms with E-state index in [0.29, 0.717) is 11.3 Å². The van der Waals surface area contributed by atoms with Crippen molar-refractivity contribution in [2.24, 2.45) is 0 Å². The Kier molecular flexibility index (Phi) is 3.99. The third-order valence-electron chi connectivity index (χ3n) is 3.01. The van der Waals surface area contributed by atoms with Crippen molar-refractivity contribution in [3.63, 3.8) is 0 Å². The van der Waals surface area contributed by atoms with Gasteiger partial charge in [0.05, 0.1) is 6.42 Å². The summed E-state index contributed by atoms with van der Waals surface area (Å²) < 4.78 is 0. The Bertz CT molecular complexity index is 570. The number of hydrogen-bond acceptors (Lipinski definition) is 4. The second-order valence-corrected chi connectivity index (χ2v) is 4.47. The highest BCUT2D eigenvalue weighted by molar-refractivity contribution is 6.02. The van der Waals surface area contributed by atoms with Gasteiger partial charge in [-0.3, -0.25) is 9.59 Å². The van der Waals surface area contributed by atoms with Crippen LogP contribution in [0, 0.1) is 0 Å². The largest absolute Gasteiger partial charge is 0.480 e. The smallest absolute Gasteiger partial charge is 0.326 e. The van der Waals surface area contributed by atoms with Gasteiger partial charge in [-0.1, -0.05) is 0 Å². The van der Waals surface area contributed by atoms with Gasteiger partial charge < -0.3 is 20.8 Å². The molecule has 7 heteroatoms. The van der Waals surface area contributed by atoms with Crippen molar-refractivity contribution < 1.29 is 24.6 Å². The van der Waals surface area contributed by atoms with E-state index in [1.165, 1.54) is 6.07 Å². The average molecular weight is 278 g/mol. The van der Waals surface area contributed by atoms with Gasteiger partial charge in [0.15, 0.2) is 0 Å². The lowest BCUT2D eigenvalue weighted by Gasteiger charge is -2.13. The lowest BCUT2D eigenvalue weighted by molar-refractivity contribution is -0.139. The molecule has 2 rings (SSSR count). The molecule has 0 fully saturated rings. The third-order valence-corrected chi connectivity index (χ3v) is 3.01. The number of nitrogens with one attached hydrogen (secondary N) is 2. The van der Waals surface area contributed by atoms with E-state index in [0.717, 1.165) is 0 Å². The Labute approximate surface area is 114 Å². The molecule has 1 aliphatic heterocycles.